The fourth-order valence-corrected chi connectivity index (χ4v) is 2.58. The number of nitrogens with one attached hydrogen (secondary N) is 1. The molecule has 0 aliphatic rings. The Labute approximate surface area is 122 Å². The summed E-state index contributed by atoms with van der Waals surface area (Å²) >= 11 is 0. The molecule has 0 bridgehead atoms. The molecule has 4 nitrogen and oxygen atoms in total. The Morgan fingerprint density at radius 2 is 1.95 bits per heavy atom. The second kappa shape index (κ2) is 7.90. The van der Waals surface area contributed by atoms with E-state index in [9.17, 15) is 4.79 Å². The van der Waals surface area contributed by atoms with Gasteiger partial charge >= 0.3 is 0 Å². The van der Waals surface area contributed by atoms with E-state index in [1.807, 2.05) is 0 Å². The average molecular weight is 277 g/mol. The first-order valence-corrected chi connectivity index (χ1v) is 7.29. The highest BCUT2D eigenvalue weighted by atomic mass is 16.1. The molecule has 0 fully saturated rings. The van der Waals surface area contributed by atoms with Gasteiger partial charge in [-0.25, -0.2) is 0 Å². The average Bonchev–Trinajstić information content (AvgIpc) is 2.42. The van der Waals surface area contributed by atoms with Crippen molar-refractivity contribution in [1.82, 2.24) is 10.2 Å². The lowest BCUT2D eigenvalue weighted by Gasteiger charge is -2.31. The van der Waals surface area contributed by atoms with Crippen LogP contribution < -0.4 is 11.1 Å². The van der Waals surface area contributed by atoms with E-state index in [0.29, 0.717) is 29.8 Å². The lowest BCUT2D eigenvalue weighted by molar-refractivity contribution is 0.0929. The number of likely N-dealkylation sites (N-methyl/N-ethyl adjacent to an activating group) is 1. The molecule has 20 heavy (non-hydrogen) atoms. The molecule has 1 atom stereocenters. The van der Waals surface area contributed by atoms with Crippen molar-refractivity contribution in [2.75, 3.05) is 26.4 Å². The third-order valence-electron chi connectivity index (χ3n) is 3.88. The smallest absolute Gasteiger partial charge is 0.251 e. The van der Waals surface area contributed by atoms with Gasteiger partial charge in [-0.05, 0) is 38.2 Å². The number of rotatable bonds is 7. The van der Waals surface area contributed by atoms with Gasteiger partial charge < -0.3 is 16.0 Å². The summed E-state index contributed by atoms with van der Waals surface area (Å²) in [5, 5.41) is 3.02. The summed E-state index contributed by atoms with van der Waals surface area (Å²) < 4.78 is 0. The van der Waals surface area contributed by atoms with E-state index in [0.717, 1.165) is 12.8 Å². The van der Waals surface area contributed by atoms with Crippen molar-refractivity contribution in [2.24, 2.45) is 5.92 Å². The van der Waals surface area contributed by atoms with Crippen molar-refractivity contribution < 1.29 is 4.79 Å². The van der Waals surface area contributed by atoms with Gasteiger partial charge in [-0.2, -0.15) is 0 Å². The molecule has 0 aromatic heterocycles. The standard InChI is InChI=1S/C16H27N3O/c1-5-12(6-2)15(19(3)4)11-18-16(20)13-8-7-9-14(17)10-13/h7-10,12,15H,5-6,11,17H2,1-4H3,(H,18,20). The zero-order valence-electron chi connectivity index (χ0n) is 13.0. The molecule has 1 amide bonds. The SMILES string of the molecule is CCC(CC)C(CNC(=O)c1cccc(N)c1)N(C)C. The molecule has 1 rings (SSSR count). The Hall–Kier alpha value is -1.55. The number of amides is 1. The van der Waals surface area contributed by atoms with Crippen LogP contribution >= 0.6 is 0 Å². The number of hydrogen-bond acceptors (Lipinski definition) is 3. The predicted octanol–water partition coefficient (Wildman–Crippen LogP) is 2.37. The minimum atomic E-state index is -0.0601. The summed E-state index contributed by atoms with van der Waals surface area (Å²) in [5.41, 5.74) is 6.93. The quantitative estimate of drug-likeness (QED) is 0.752. The van der Waals surface area contributed by atoms with Gasteiger partial charge in [0.1, 0.15) is 0 Å². The normalized spacial score (nSPS) is 12.7. The molecular weight excluding hydrogens is 250 g/mol. The van der Waals surface area contributed by atoms with Gasteiger partial charge in [0, 0.05) is 23.8 Å². The fraction of sp³-hybridized carbons (Fsp3) is 0.562. The Bertz CT molecular complexity index is 427. The highest BCUT2D eigenvalue weighted by Gasteiger charge is 2.21. The number of hydrogen-bond donors (Lipinski definition) is 2. The van der Waals surface area contributed by atoms with Crippen LogP contribution in [0, 0.1) is 5.92 Å². The van der Waals surface area contributed by atoms with Crippen LogP contribution in [0.15, 0.2) is 24.3 Å². The molecule has 4 heteroatoms. The van der Waals surface area contributed by atoms with Crippen molar-refractivity contribution in [1.29, 1.82) is 0 Å². The molecular formula is C16H27N3O. The number of carbonyl (C=O) groups excluding carboxylic acids is 1. The maximum atomic E-state index is 12.1. The number of benzene rings is 1. The zero-order chi connectivity index (χ0) is 15.1. The van der Waals surface area contributed by atoms with Crippen LogP contribution in [0.3, 0.4) is 0 Å². The maximum absolute atomic E-state index is 12.1. The van der Waals surface area contributed by atoms with Gasteiger partial charge in [0.15, 0.2) is 0 Å². The Morgan fingerprint density at radius 1 is 1.30 bits per heavy atom. The second-order valence-electron chi connectivity index (χ2n) is 5.44. The largest absolute Gasteiger partial charge is 0.399 e. The molecule has 1 aromatic rings. The van der Waals surface area contributed by atoms with Gasteiger partial charge in [0.25, 0.3) is 5.91 Å². The van der Waals surface area contributed by atoms with Crippen LogP contribution in [0.2, 0.25) is 0 Å². The molecule has 0 saturated heterocycles. The highest BCUT2D eigenvalue weighted by molar-refractivity contribution is 5.94. The first-order chi connectivity index (χ1) is 9.49. The first-order valence-electron chi connectivity index (χ1n) is 7.29. The molecule has 1 unspecified atom stereocenters. The molecule has 0 radical (unpaired) electrons. The summed E-state index contributed by atoms with van der Waals surface area (Å²) in [5.74, 6) is 0.529. The zero-order valence-corrected chi connectivity index (χ0v) is 13.0. The van der Waals surface area contributed by atoms with Gasteiger partial charge in [-0.3, -0.25) is 4.79 Å². The molecule has 0 aliphatic heterocycles. The summed E-state index contributed by atoms with van der Waals surface area (Å²) in [6.45, 7) is 5.06. The van der Waals surface area contributed by atoms with E-state index in [-0.39, 0.29) is 5.91 Å². The minimum absolute atomic E-state index is 0.0601. The Kier molecular flexibility index (Phi) is 6.52. The van der Waals surface area contributed by atoms with Gasteiger partial charge in [0.2, 0.25) is 0 Å². The van der Waals surface area contributed by atoms with Crippen LogP contribution in [0.25, 0.3) is 0 Å². The molecule has 0 heterocycles. The Balaban J connectivity index is 2.65. The van der Waals surface area contributed by atoms with Gasteiger partial charge in [0.05, 0.1) is 0 Å². The van der Waals surface area contributed by atoms with E-state index >= 15 is 0 Å². The second-order valence-corrected chi connectivity index (χ2v) is 5.44. The van der Waals surface area contributed by atoms with Crippen molar-refractivity contribution in [3.63, 3.8) is 0 Å². The van der Waals surface area contributed by atoms with Crippen molar-refractivity contribution in [3.05, 3.63) is 29.8 Å². The molecule has 1 aromatic carbocycles. The van der Waals surface area contributed by atoms with Crippen LogP contribution in [0.5, 0.6) is 0 Å². The topological polar surface area (TPSA) is 58.4 Å². The number of nitrogen functional groups attached to an aromatic ring is 1. The number of nitrogens with zero attached hydrogens (tertiary/aromatic N) is 1. The molecule has 0 aliphatic carbocycles. The first kappa shape index (κ1) is 16.5. The molecule has 3 N–H and O–H groups in total. The van der Waals surface area contributed by atoms with E-state index in [2.05, 4.69) is 38.2 Å². The van der Waals surface area contributed by atoms with E-state index in [1.54, 1.807) is 24.3 Å². The monoisotopic (exact) mass is 277 g/mol. The van der Waals surface area contributed by atoms with Gasteiger partial charge in [-0.1, -0.05) is 32.8 Å². The summed E-state index contributed by atoms with van der Waals surface area (Å²) in [6.07, 6.45) is 2.24. The molecule has 0 spiro atoms. The lowest BCUT2D eigenvalue weighted by Crippen LogP contribution is -2.44. The number of nitrogens with two attached hydrogens (primary N) is 1. The van der Waals surface area contributed by atoms with Crippen molar-refractivity contribution >= 4 is 11.6 Å². The van der Waals surface area contributed by atoms with Crippen LogP contribution in [-0.2, 0) is 0 Å². The third kappa shape index (κ3) is 4.53. The summed E-state index contributed by atoms with van der Waals surface area (Å²) in [7, 11) is 4.13. The van der Waals surface area contributed by atoms with Gasteiger partial charge in [-0.15, -0.1) is 0 Å². The third-order valence-corrected chi connectivity index (χ3v) is 3.88. The van der Waals surface area contributed by atoms with Crippen molar-refractivity contribution in [2.45, 2.75) is 32.7 Å². The Morgan fingerprint density at radius 3 is 2.45 bits per heavy atom. The number of anilines is 1. The maximum Gasteiger partial charge on any atom is 0.251 e. The lowest BCUT2D eigenvalue weighted by atomic mass is 9.93. The van der Waals surface area contributed by atoms with Crippen LogP contribution in [0.4, 0.5) is 5.69 Å². The summed E-state index contributed by atoms with van der Waals surface area (Å²) in [6, 6.07) is 7.43. The highest BCUT2D eigenvalue weighted by Crippen LogP contribution is 2.16. The van der Waals surface area contributed by atoms with Crippen molar-refractivity contribution in [3.8, 4) is 0 Å². The van der Waals surface area contributed by atoms with Crippen LogP contribution in [0.1, 0.15) is 37.0 Å². The van der Waals surface area contributed by atoms with E-state index in [1.165, 1.54) is 0 Å². The molecule has 0 saturated carbocycles. The minimum Gasteiger partial charge on any atom is -0.399 e. The van der Waals surface area contributed by atoms with Crippen LogP contribution in [-0.4, -0.2) is 37.5 Å². The summed E-state index contributed by atoms with van der Waals surface area (Å²) in [4.78, 5) is 14.3. The van der Waals surface area contributed by atoms with E-state index in [4.69, 9.17) is 5.73 Å². The number of carbonyl (C=O) groups is 1. The fourth-order valence-electron chi connectivity index (χ4n) is 2.58. The predicted molar refractivity (Wildman–Crippen MR) is 84.7 cm³/mol. The van der Waals surface area contributed by atoms with E-state index < -0.39 is 0 Å². The molecule has 112 valence electrons.